The third-order valence-electron chi connectivity index (χ3n) is 4.06. The monoisotopic (exact) mass is 162 g/mol. The van der Waals surface area contributed by atoms with Gasteiger partial charge in [-0.3, -0.25) is 0 Å². The van der Waals surface area contributed by atoms with Crippen LogP contribution in [0.15, 0.2) is 24.3 Å². The lowest BCUT2D eigenvalue weighted by Crippen LogP contribution is -2.33. The van der Waals surface area contributed by atoms with Crippen molar-refractivity contribution in [2.45, 2.75) is 27.2 Å². The van der Waals surface area contributed by atoms with Crippen LogP contribution >= 0.6 is 0 Å². The van der Waals surface area contributed by atoms with Gasteiger partial charge in [0.15, 0.2) is 0 Å². The molecule has 0 saturated heterocycles. The molecular formula is C12H18. The molecule has 1 unspecified atom stereocenters. The Kier molecular flexibility index (Phi) is 1.51. The van der Waals surface area contributed by atoms with Crippen LogP contribution in [0.4, 0.5) is 0 Å². The standard InChI is InChI=1S/C12H18/c1-8-9(2)12(3,4)11-6-5-10(8)7-11/h5-6,8,10-11H,2,7H2,1,3-4H3/t8?,10-,11+/m1/s1. The van der Waals surface area contributed by atoms with Crippen molar-refractivity contribution in [1.82, 2.24) is 0 Å². The first-order chi connectivity index (χ1) is 5.53. The molecule has 0 aromatic carbocycles. The van der Waals surface area contributed by atoms with Gasteiger partial charge in [0.2, 0.25) is 0 Å². The summed E-state index contributed by atoms with van der Waals surface area (Å²) in [6.45, 7) is 11.2. The quantitative estimate of drug-likeness (QED) is 0.479. The summed E-state index contributed by atoms with van der Waals surface area (Å²) in [4.78, 5) is 0. The Balaban J connectivity index is 2.38. The Hall–Kier alpha value is -0.520. The van der Waals surface area contributed by atoms with Gasteiger partial charge in [-0.25, -0.2) is 0 Å². The van der Waals surface area contributed by atoms with Crippen LogP contribution < -0.4 is 0 Å². The maximum Gasteiger partial charge on any atom is -0.00815 e. The second-order valence-electron chi connectivity index (χ2n) is 4.93. The maximum atomic E-state index is 4.25. The van der Waals surface area contributed by atoms with E-state index in [-0.39, 0.29) is 0 Å². The summed E-state index contributed by atoms with van der Waals surface area (Å²) in [5, 5.41) is 0. The predicted octanol–water partition coefficient (Wildman–Crippen LogP) is 3.41. The fraction of sp³-hybridized carbons (Fsp3) is 0.667. The summed E-state index contributed by atoms with van der Waals surface area (Å²) in [6, 6.07) is 0. The van der Waals surface area contributed by atoms with Gasteiger partial charge in [0, 0.05) is 0 Å². The lowest BCUT2D eigenvalue weighted by molar-refractivity contribution is 0.204. The first-order valence-electron chi connectivity index (χ1n) is 4.91. The van der Waals surface area contributed by atoms with Gasteiger partial charge in [0.05, 0.1) is 0 Å². The normalized spacial score (nSPS) is 43.6. The molecule has 1 fully saturated rings. The van der Waals surface area contributed by atoms with E-state index in [1.165, 1.54) is 12.0 Å². The molecule has 0 aliphatic heterocycles. The van der Waals surface area contributed by atoms with Crippen molar-refractivity contribution in [2.24, 2.45) is 23.2 Å². The van der Waals surface area contributed by atoms with Gasteiger partial charge in [-0.1, -0.05) is 45.1 Å². The van der Waals surface area contributed by atoms with Crippen molar-refractivity contribution in [1.29, 1.82) is 0 Å². The Bertz CT molecular complexity index is 245. The smallest absolute Gasteiger partial charge is 0.00815 e. The van der Waals surface area contributed by atoms with Gasteiger partial charge >= 0.3 is 0 Å². The second kappa shape index (κ2) is 2.25. The van der Waals surface area contributed by atoms with Gasteiger partial charge in [0.25, 0.3) is 0 Å². The number of fused-ring (bicyclic) bond motifs is 2. The first kappa shape index (κ1) is 8.10. The van der Waals surface area contributed by atoms with Crippen LogP contribution in [0, 0.1) is 23.2 Å². The van der Waals surface area contributed by atoms with Crippen molar-refractivity contribution in [3.8, 4) is 0 Å². The zero-order valence-corrected chi connectivity index (χ0v) is 8.30. The summed E-state index contributed by atoms with van der Waals surface area (Å²) < 4.78 is 0. The molecule has 1 saturated carbocycles. The van der Waals surface area contributed by atoms with Crippen LogP contribution in [-0.4, -0.2) is 0 Å². The minimum Gasteiger partial charge on any atom is -0.0990 e. The van der Waals surface area contributed by atoms with Crippen LogP contribution in [0.25, 0.3) is 0 Å². The van der Waals surface area contributed by atoms with E-state index >= 15 is 0 Å². The van der Waals surface area contributed by atoms with Gasteiger partial charge in [-0.2, -0.15) is 0 Å². The third kappa shape index (κ3) is 0.840. The highest BCUT2D eigenvalue weighted by molar-refractivity contribution is 5.26. The highest BCUT2D eigenvalue weighted by Gasteiger charge is 2.43. The molecule has 3 atom stereocenters. The molecule has 66 valence electrons. The molecule has 0 aromatic heterocycles. The van der Waals surface area contributed by atoms with Gasteiger partial charge < -0.3 is 0 Å². The molecule has 0 heterocycles. The summed E-state index contributed by atoms with van der Waals surface area (Å²) in [5.74, 6) is 2.23. The topological polar surface area (TPSA) is 0 Å². The predicted molar refractivity (Wildman–Crippen MR) is 52.8 cm³/mol. The van der Waals surface area contributed by atoms with Gasteiger partial charge in [-0.05, 0) is 29.6 Å². The van der Waals surface area contributed by atoms with Crippen LogP contribution in [0.3, 0.4) is 0 Å². The summed E-state index contributed by atoms with van der Waals surface area (Å²) in [7, 11) is 0. The van der Waals surface area contributed by atoms with Crippen molar-refractivity contribution in [3.05, 3.63) is 24.3 Å². The molecule has 0 amide bonds. The van der Waals surface area contributed by atoms with Crippen molar-refractivity contribution in [2.75, 3.05) is 0 Å². The van der Waals surface area contributed by atoms with Crippen LogP contribution in [0.1, 0.15) is 27.2 Å². The number of rotatable bonds is 0. The lowest BCUT2D eigenvalue weighted by Gasteiger charge is -2.42. The Morgan fingerprint density at radius 2 is 2.08 bits per heavy atom. The van der Waals surface area contributed by atoms with Gasteiger partial charge in [0.1, 0.15) is 0 Å². The van der Waals surface area contributed by atoms with Crippen molar-refractivity contribution < 1.29 is 0 Å². The molecule has 2 rings (SSSR count). The molecule has 0 spiro atoms. The molecule has 0 nitrogen and oxygen atoms in total. The molecule has 0 radical (unpaired) electrons. The van der Waals surface area contributed by atoms with E-state index in [2.05, 4.69) is 39.5 Å². The van der Waals surface area contributed by atoms with Crippen LogP contribution in [0.5, 0.6) is 0 Å². The minimum absolute atomic E-state index is 0.336. The fourth-order valence-corrected chi connectivity index (χ4v) is 2.72. The molecular weight excluding hydrogens is 144 g/mol. The molecule has 0 heteroatoms. The molecule has 12 heavy (non-hydrogen) atoms. The second-order valence-corrected chi connectivity index (χ2v) is 4.93. The SMILES string of the molecule is C=C1C(C)[C@@H]2C=C[C@@H](C2)C1(C)C. The molecule has 0 N–H and O–H groups in total. The Morgan fingerprint density at radius 3 is 2.75 bits per heavy atom. The number of allylic oxidation sites excluding steroid dienone is 3. The van der Waals surface area contributed by atoms with Crippen LogP contribution in [0.2, 0.25) is 0 Å². The summed E-state index contributed by atoms with van der Waals surface area (Å²) in [6.07, 6.45) is 6.15. The van der Waals surface area contributed by atoms with E-state index < -0.39 is 0 Å². The minimum atomic E-state index is 0.336. The Morgan fingerprint density at radius 1 is 1.42 bits per heavy atom. The highest BCUT2D eigenvalue weighted by Crippen LogP contribution is 2.53. The summed E-state index contributed by atoms with van der Waals surface area (Å²) >= 11 is 0. The average molecular weight is 162 g/mol. The third-order valence-corrected chi connectivity index (χ3v) is 4.06. The molecule has 2 aliphatic carbocycles. The molecule has 2 aliphatic rings. The van der Waals surface area contributed by atoms with E-state index in [9.17, 15) is 0 Å². The molecule has 0 aromatic rings. The summed E-state index contributed by atoms with van der Waals surface area (Å²) in [5.41, 5.74) is 1.79. The van der Waals surface area contributed by atoms with Crippen LogP contribution in [-0.2, 0) is 0 Å². The lowest BCUT2D eigenvalue weighted by atomic mass is 9.62. The zero-order chi connectivity index (χ0) is 8.93. The maximum absolute atomic E-state index is 4.25. The Labute approximate surface area is 75.4 Å². The van der Waals surface area contributed by atoms with Crippen molar-refractivity contribution in [3.63, 3.8) is 0 Å². The molecule has 2 bridgehead atoms. The highest BCUT2D eigenvalue weighted by atomic mass is 14.5. The first-order valence-corrected chi connectivity index (χ1v) is 4.91. The van der Waals surface area contributed by atoms with E-state index in [1.54, 1.807) is 0 Å². The van der Waals surface area contributed by atoms with E-state index in [0.717, 1.165) is 11.8 Å². The zero-order valence-electron chi connectivity index (χ0n) is 8.30. The van der Waals surface area contributed by atoms with Crippen molar-refractivity contribution >= 4 is 0 Å². The van der Waals surface area contributed by atoms with E-state index in [1.807, 2.05) is 0 Å². The number of hydrogen-bond donors (Lipinski definition) is 0. The number of hydrogen-bond acceptors (Lipinski definition) is 0. The van der Waals surface area contributed by atoms with Gasteiger partial charge in [-0.15, -0.1) is 0 Å². The average Bonchev–Trinajstić information content (AvgIpc) is 2.46. The largest absolute Gasteiger partial charge is 0.0990 e. The van der Waals surface area contributed by atoms with E-state index in [0.29, 0.717) is 11.3 Å². The van der Waals surface area contributed by atoms with E-state index in [4.69, 9.17) is 0 Å². The fourth-order valence-electron chi connectivity index (χ4n) is 2.72.